The van der Waals surface area contributed by atoms with Crippen LogP contribution in [0.5, 0.6) is 0 Å². The number of hydrogen-bond donors (Lipinski definition) is 4. The number of rotatable bonds is 11. The molecular weight excluding hydrogens is 436 g/mol. The fraction of sp³-hybridized carbons (Fsp3) is 0.423. The lowest BCUT2D eigenvalue weighted by Gasteiger charge is -2.21. The van der Waals surface area contributed by atoms with E-state index in [2.05, 4.69) is 34.9 Å². The fourth-order valence-electron chi connectivity index (χ4n) is 4.22. The van der Waals surface area contributed by atoms with E-state index < -0.39 is 24.6 Å². The minimum atomic E-state index is -1.14. The molecule has 8 heteroatoms. The summed E-state index contributed by atoms with van der Waals surface area (Å²) in [7, 11) is 0. The Balaban J connectivity index is 1.49. The van der Waals surface area contributed by atoms with Crippen molar-refractivity contribution < 1.29 is 29.3 Å². The third-order valence-corrected chi connectivity index (χ3v) is 6.19. The summed E-state index contributed by atoms with van der Waals surface area (Å²) in [5.41, 5.74) is 4.59. The highest BCUT2D eigenvalue weighted by atomic mass is 16.5. The summed E-state index contributed by atoms with van der Waals surface area (Å²) in [6, 6.07) is 16.2. The fourth-order valence-corrected chi connectivity index (χ4v) is 4.22. The van der Waals surface area contributed by atoms with Gasteiger partial charge in [-0.25, -0.2) is 4.79 Å². The Morgan fingerprint density at radius 2 is 1.50 bits per heavy atom. The van der Waals surface area contributed by atoms with Gasteiger partial charge in [-0.2, -0.15) is 0 Å². The molecule has 0 aliphatic heterocycles. The molecule has 4 N–H and O–H groups in total. The van der Waals surface area contributed by atoms with Gasteiger partial charge in [0.2, 0.25) is 5.91 Å². The van der Waals surface area contributed by atoms with E-state index in [9.17, 15) is 19.5 Å². The van der Waals surface area contributed by atoms with Gasteiger partial charge < -0.3 is 25.6 Å². The molecule has 1 aliphatic rings. The van der Waals surface area contributed by atoms with Gasteiger partial charge in [0.15, 0.2) is 0 Å². The Kier molecular flexibility index (Phi) is 8.65. The third-order valence-electron chi connectivity index (χ3n) is 6.19. The molecule has 34 heavy (non-hydrogen) atoms. The molecule has 0 saturated heterocycles. The summed E-state index contributed by atoms with van der Waals surface area (Å²) < 4.78 is 5.55. The van der Waals surface area contributed by atoms with Crippen molar-refractivity contribution in [2.75, 3.05) is 19.7 Å². The second-order valence-corrected chi connectivity index (χ2v) is 8.97. The lowest BCUT2D eigenvalue weighted by Crippen LogP contribution is -2.38. The van der Waals surface area contributed by atoms with Crippen LogP contribution < -0.4 is 10.6 Å². The summed E-state index contributed by atoms with van der Waals surface area (Å²) in [5.74, 6) is -1.49. The number of carboxylic acid groups (broad SMARTS) is 1. The van der Waals surface area contributed by atoms with Crippen LogP contribution in [0, 0.1) is 11.8 Å². The molecule has 182 valence electrons. The number of amides is 2. The van der Waals surface area contributed by atoms with Crippen molar-refractivity contribution >= 4 is 18.0 Å². The van der Waals surface area contributed by atoms with Gasteiger partial charge in [-0.1, -0.05) is 62.4 Å². The molecule has 3 rings (SSSR count). The predicted molar refractivity (Wildman–Crippen MR) is 127 cm³/mol. The highest BCUT2D eigenvalue weighted by Crippen LogP contribution is 2.44. The van der Waals surface area contributed by atoms with Crippen molar-refractivity contribution in [3.63, 3.8) is 0 Å². The first-order valence-electron chi connectivity index (χ1n) is 11.5. The molecular formula is C26H32N2O6. The van der Waals surface area contributed by atoms with Crippen LogP contribution in [0.1, 0.15) is 43.7 Å². The maximum absolute atomic E-state index is 12.4. The summed E-state index contributed by atoms with van der Waals surface area (Å²) in [6.07, 6.45) is -1.97. The minimum Gasteiger partial charge on any atom is -0.481 e. The first-order chi connectivity index (χ1) is 16.3. The van der Waals surface area contributed by atoms with Crippen LogP contribution in [0.2, 0.25) is 0 Å². The van der Waals surface area contributed by atoms with Crippen LogP contribution >= 0.6 is 0 Å². The van der Waals surface area contributed by atoms with Gasteiger partial charge in [-0.05, 0) is 34.1 Å². The van der Waals surface area contributed by atoms with Crippen LogP contribution in [-0.2, 0) is 14.3 Å². The quantitative estimate of drug-likeness (QED) is 0.402. The van der Waals surface area contributed by atoms with Gasteiger partial charge in [0.1, 0.15) is 6.61 Å². The lowest BCUT2D eigenvalue weighted by molar-refractivity contribution is -0.139. The van der Waals surface area contributed by atoms with Crippen LogP contribution in [0.15, 0.2) is 48.5 Å². The maximum Gasteiger partial charge on any atom is 0.407 e. The average Bonchev–Trinajstić information content (AvgIpc) is 3.12. The first-order valence-corrected chi connectivity index (χ1v) is 11.5. The number of carbonyl (C=O) groups excluding carboxylic acids is 2. The van der Waals surface area contributed by atoms with Crippen molar-refractivity contribution in [3.05, 3.63) is 59.7 Å². The van der Waals surface area contributed by atoms with Crippen molar-refractivity contribution in [2.24, 2.45) is 11.8 Å². The smallest absolute Gasteiger partial charge is 0.407 e. The van der Waals surface area contributed by atoms with Crippen LogP contribution in [0.25, 0.3) is 11.1 Å². The molecule has 0 bridgehead atoms. The molecule has 0 aromatic heterocycles. The Hall–Kier alpha value is -3.39. The minimum absolute atomic E-state index is 0.0259. The molecule has 2 aromatic carbocycles. The number of nitrogens with one attached hydrogen (secondary N) is 2. The molecule has 0 fully saturated rings. The number of ether oxygens (including phenoxy) is 1. The van der Waals surface area contributed by atoms with E-state index in [4.69, 9.17) is 9.84 Å². The molecule has 0 saturated carbocycles. The molecule has 0 heterocycles. The molecule has 8 nitrogen and oxygen atoms in total. The number of alkyl carbamates (subject to hydrolysis) is 1. The number of hydrogen-bond acceptors (Lipinski definition) is 5. The zero-order valence-corrected chi connectivity index (χ0v) is 19.5. The molecule has 2 unspecified atom stereocenters. The average molecular weight is 469 g/mol. The van der Waals surface area contributed by atoms with E-state index >= 15 is 0 Å². The van der Waals surface area contributed by atoms with Crippen LogP contribution in [0.3, 0.4) is 0 Å². The SMILES string of the molecule is CC(C)C(CNC(=O)OCC1c2ccccc2-c2ccccc21)CC(=O)NCC(O)CC(=O)O. The molecule has 2 aromatic rings. The summed E-state index contributed by atoms with van der Waals surface area (Å²) in [4.78, 5) is 35.2. The standard InChI is InChI=1S/C26H32N2O6/c1-16(2)17(11-24(30)27-14-18(29)12-25(31)32)13-28-26(33)34-15-23-21-9-5-3-7-19(21)20-8-4-6-10-22(20)23/h3-10,16-18,23,29H,11-15H2,1-2H3,(H,27,30)(H,28,33)(H,31,32). The van der Waals surface area contributed by atoms with E-state index in [-0.39, 0.29) is 49.8 Å². The number of benzene rings is 2. The molecule has 1 aliphatic carbocycles. The summed E-state index contributed by atoms with van der Waals surface area (Å²) >= 11 is 0. The maximum atomic E-state index is 12.4. The molecule has 0 radical (unpaired) electrons. The predicted octanol–water partition coefficient (Wildman–Crippen LogP) is 3.14. The van der Waals surface area contributed by atoms with Crippen molar-refractivity contribution in [1.29, 1.82) is 0 Å². The van der Waals surface area contributed by atoms with E-state index in [1.165, 1.54) is 0 Å². The second-order valence-electron chi connectivity index (χ2n) is 8.97. The Bertz CT molecular complexity index is 976. The number of fused-ring (bicyclic) bond motifs is 3. The Morgan fingerprint density at radius 1 is 0.912 bits per heavy atom. The normalized spacial score (nSPS) is 14.1. The van der Waals surface area contributed by atoms with Gasteiger partial charge in [0.05, 0.1) is 12.5 Å². The Morgan fingerprint density at radius 3 is 2.06 bits per heavy atom. The van der Waals surface area contributed by atoms with Crippen LogP contribution in [0.4, 0.5) is 4.79 Å². The highest BCUT2D eigenvalue weighted by Gasteiger charge is 2.29. The second kappa shape index (κ2) is 11.7. The van der Waals surface area contributed by atoms with Gasteiger partial charge in [0.25, 0.3) is 0 Å². The van der Waals surface area contributed by atoms with Crippen molar-refractivity contribution in [1.82, 2.24) is 10.6 Å². The van der Waals surface area contributed by atoms with Crippen molar-refractivity contribution in [2.45, 2.75) is 38.7 Å². The van der Waals surface area contributed by atoms with Gasteiger partial charge in [0, 0.05) is 25.4 Å². The number of carbonyl (C=O) groups is 3. The van der Waals surface area contributed by atoms with Gasteiger partial charge >= 0.3 is 12.1 Å². The first kappa shape index (κ1) is 25.2. The highest BCUT2D eigenvalue weighted by molar-refractivity contribution is 5.79. The van der Waals surface area contributed by atoms with Gasteiger partial charge in [-0.15, -0.1) is 0 Å². The zero-order valence-electron chi connectivity index (χ0n) is 19.5. The zero-order chi connectivity index (χ0) is 24.7. The number of carboxylic acids is 1. The number of aliphatic carboxylic acids is 1. The topological polar surface area (TPSA) is 125 Å². The van der Waals surface area contributed by atoms with E-state index in [1.54, 1.807) is 0 Å². The van der Waals surface area contributed by atoms with E-state index in [0.717, 1.165) is 22.3 Å². The number of aliphatic hydroxyl groups excluding tert-OH is 1. The summed E-state index contributed by atoms with van der Waals surface area (Å²) in [6.45, 7) is 4.26. The molecule has 2 amide bonds. The van der Waals surface area contributed by atoms with Gasteiger partial charge in [-0.3, -0.25) is 9.59 Å². The third kappa shape index (κ3) is 6.57. The van der Waals surface area contributed by atoms with Crippen LogP contribution in [-0.4, -0.2) is 54.0 Å². The van der Waals surface area contributed by atoms with E-state index in [0.29, 0.717) is 0 Å². The monoisotopic (exact) mass is 468 g/mol. The summed E-state index contributed by atoms with van der Waals surface area (Å²) in [5, 5.41) is 23.6. The molecule has 2 atom stereocenters. The largest absolute Gasteiger partial charge is 0.481 e. The van der Waals surface area contributed by atoms with E-state index in [1.807, 2.05) is 38.1 Å². The number of aliphatic hydroxyl groups is 1. The molecule has 0 spiro atoms. The lowest BCUT2D eigenvalue weighted by atomic mass is 9.92. The van der Waals surface area contributed by atoms with Crippen molar-refractivity contribution in [3.8, 4) is 11.1 Å². The Labute approximate surface area is 199 Å².